The van der Waals surface area contributed by atoms with Gasteiger partial charge in [-0.25, -0.2) is 8.42 Å². The van der Waals surface area contributed by atoms with Gasteiger partial charge in [-0.15, -0.1) is 12.4 Å². The Morgan fingerprint density at radius 1 is 1.14 bits per heavy atom. The lowest BCUT2D eigenvalue weighted by atomic mass is 10.1. The molecule has 1 aromatic carbocycles. The lowest BCUT2D eigenvalue weighted by Crippen LogP contribution is -2.52. The monoisotopic (exact) mass is 429 g/mol. The molecule has 1 atom stereocenters. The van der Waals surface area contributed by atoms with Gasteiger partial charge in [0.2, 0.25) is 15.9 Å². The predicted molar refractivity (Wildman–Crippen MR) is 108 cm³/mol. The average molecular weight is 430 g/mol. The number of carbonyl (C=O) groups excluding carboxylic acids is 1. The maximum absolute atomic E-state index is 13.0. The SMILES string of the molecule is Cl.O=C(CC1COCCN1)N1CCN(S(=O)(=O)c2ccc3c(c2)CCC3)CC1. The molecule has 1 amide bonds. The molecule has 2 fully saturated rings. The lowest BCUT2D eigenvalue weighted by molar-refractivity contribution is -0.133. The summed E-state index contributed by atoms with van der Waals surface area (Å²) in [5.74, 6) is 0.0626. The molecule has 0 saturated carbocycles. The molecule has 0 radical (unpaired) electrons. The number of morpholine rings is 1. The minimum absolute atomic E-state index is 0. The smallest absolute Gasteiger partial charge is 0.243 e. The molecule has 2 aliphatic heterocycles. The van der Waals surface area contributed by atoms with Crippen LogP contribution in [0.15, 0.2) is 23.1 Å². The molecule has 1 aromatic rings. The molecule has 28 heavy (non-hydrogen) atoms. The molecule has 2 heterocycles. The first-order chi connectivity index (χ1) is 13.0. The van der Waals surface area contributed by atoms with Gasteiger partial charge in [0.05, 0.1) is 18.1 Å². The summed E-state index contributed by atoms with van der Waals surface area (Å²) < 4.78 is 32.9. The van der Waals surface area contributed by atoms with E-state index >= 15 is 0 Å². The van der Waals surface area contributed by atoms with Crippen LogP contribution in [0.2, 0.25) is 0 Å². The largest absolute Gasteiger partial charge is 0.378 e. The van der Waals surface area contributed by atoms with E-state index in [-0.39, 0.29) is 24.4 Å². The van der Waals surface area contributed by atoms with Crippen molar-refractivity contribution in [1.82, 2.24) is 14.5 Å². The number of aryl methyl sites for hydroxylation is 2. The predicted octanol–water partition coefficient (Wildman–Crippen LogP) is 0.809. The first kappa shape index (κ1) is 21.5. The van der Waals surface area contributed by atoms with E-state index in [0.29, 0.717) is 50.7 Å². The molecule has 4 rings (SSSR count). The first-order valence-electron chi connectivity index (χ1n) is 9.75. The Balaban J connectivity index is 0.00000225. The van der Waals surface area contributed by atoms with Gasteiger partial charge in [-0.05, 0) is 42.5 Å². The molecule has 1 unspecified atom stereocenters. The highest BCUT2D eigenvalue weighted by Gasteiger charge is 2.31. The van der Waals surface area contributed by atoms with Crippen LogP contribution in [0.25, 0.3) is 0 Å². The number of carbonyl (C=O) groups is 1. The number of fused-ring (bicyclic) bond motifs is 1. The Kier molecular flexibility index (Phi) is 6.98. The topological polar surface area (TPSA) is 79.0 Å². The summed E-state index contributed by atoms with van der Waals surface area (Å²) in [6, 6.07) is 5.57. The highest BCUT2D eigenvalue weighted by atomic mass is 35.5. The number of hydrogen-bond donors (Lipinski definition) is 1. The fraction of sp³-hybridized carbons (Fsp3) is 0.632. The molecule has 9 heteroatoms. The molecule has 3 aliphatic rings. The van der Waals surface area contributed by atoms with E-state index in [1.807, 2.05) is 12.1 Å². The van der Waals surface area contributed by atoms with Crippen LogP contribution in [0.1, 0.15) is 24.0 Å². The van der Waals surface area contributed by atoms with E-state index in [1.165, 1.54) is 9.87 Å². The Labute approximate surface area is 172 Å². The zero-order valence-corrected chi connectivity index (χ0v) is 17.6. The quantitative estimate of drug-likeness (QED) is 0.766. The third-order valence-electron chi connectivity index (χ3n) is 5.72. The van der Waals surface area contributed by atoms with Crippen molar-refractivity contribution < 1.29 is 17.9 Å². The van der Waals surface area contributed by atoms with E-state index in [2.05, 4.69) is 5.32 Å². The summed E-state index contributed by atoms with van der Waals surface area (Å²) in [5.41, 5.74) is 2.43. The van der Waals surface area contributed by atoms with Crippen molar-refractivity contribution in [2.45, 2.75) is 36.6 Å². The van der Waals surface area contributed by atoms with Crippen molar-refractivity contribution in [3.05, 3.63) is 29.3 Å². The Morgan fingerprint density at radius 2 is 1.89 bits per heavy atom. The second-order valence-corrected chi connectivity index (χ2v) is 9.44. The van der Waals surface area contributed by atoms with Gasteiger partial charge in [0.25, 0.3) is 0 Å². The van der Waals surface area contributed by atoms with Gasteiger partial charge < -0.3 is 15.0 Å². The van der Waals surface area contributed by atoms with Crippen molar-refractivity contribution in [2.24, 2.45) is 0 Å². The molecule has 156 valence electrons. The van der Waals surface area contributed by atoms with Crippen molar-refractivity contribution in [1.29, 1.82) is 0 Å². The molecule has 0 spiro atoms. The third kappa shape index (κ3) is 4.52. The van der Waals surface area contributed by atoms with E-state index in [1.54, 1.807) is 11.0 Å². The number of ether oxygens (including phenoxy) is 1. The number of piperazine rings is 1. The van der Waals surface area contributed by atoms with E-state index in [4.69, 9.17) is 4.74 Å². The first-order valence-corrected chi connectivity index (χ1v) is 11.2. The van der Waals surface area contributed by atoms with Crippen LogP contribution < -0.4 is 5.32 Å². The molecular formula is C19H28ClN3O4S. The summed E-state index contributed by atoms with van der Waals surface area (Å²) in [4.78, 5) is 14.6. The molecule has 0 bridgehead atoms. The number of sulfonamides is 1. The summed E-state index contributed by atoms with van der Waals surface area (Å²) in [6.07, 6.45) is 3.50. The van der Waals surface area contributed by atoms with Crippen molar-refractivity contribution in [3.63, 3.8) is 0 Å². The zero-order chi connectivity index (χ0) is 18.9. The third-order valence-corrected chi connectivity index (χ3v) is 7.61. The van der Waals surface area contributed by atoms with Crippen molar-refractivity contribution in [3.8, 4) is 0 Å². The number of hydrogen-bond acceptors (Lipinski definition) is 5. The van der Waals surface area contributed by atoms with Crippen LogP contribution >= 0.6 is 12.4 Å². The summed E-state index contributed by atoms with van der Waals surface area (Å²) >= 11 is 0. The fourth-order valence-electron chi connectivity index (χ4n) is 4.13. The summed E-state index contributed by atoms with van der Waals surface area (Å²) in [6.45, 7) is 3.58. The second kappa shape index (κ2) is 9.09. The molecule has 2 saturated heterocycles. The standard InChI is InChI=1S/C19H27N3O4S.ClH/c23-19(13-17-14-26-11-6-20-17)21-7-9-22(10-8-21)27(24,25)18-5-4-15-2-1-3-16(15)12-18;/h4-5,12,17,20H,1-3,6-11,13-14H2;1H. The van der Waals surface area contributed by atoms with E-state index < -0.39 is 10.0 Å². The summed E-state index contributed by atoms with van der Waals surface area (Å²) in [7, 11) is -3.50. The van der Waals surface area contributed by atoms with Crippen molar-refractivity contribution in [2.75, 3.05) is 45.9 Å². The molecule has 1 N–H and O–H groups in total. The summed E-state index contributed by atoms with van der Waals surface area (Å²) in [5, 5.41) is 3.29. The van der Waals surface area contributed by atoms with Gasteiger partial charge in [0, 0.05) is 45.2 Å². The minimum atomic E-state index is -3.50. The van der Waals surface area contributed by atoms with Crippen LogP contribution in [-0.4, -0.2) is 75.5 Å². The van der Waals surface area contributed by atoms with E-state index in [0.717, 1.165) is 31.4 Å². The van der Waals surface area contributed by atoms with Crippen LogP contribution in [0.4, 0.5) is 0 Å². The van der Waals surface area contributed by atoms with Gasteiger partial charge in [-0.2, -0.15) is 4.31 Å². The molecule has 0 aromatic heterocycles. The van der Waals surface area contributed by atoms with Gasteiger partial charge >= 0.3 is 0 Å². The Hall–Kier alpha value is -1.19. The molecular weight excluding hydrogens is 402 g/mol. The van der Waals surface area contributed by atoms with Gasteiger partial charge in [0.1, 0.15) is 0 Å². The highest BCUT2D eigenvalue weighted by molar-refractivity contribution is 7.89. The normalized spacial score (nSPS) is 23.1. The Bertz CT molecular complexity index is 803. The number of nitrogens with zero attached hydrogens (tertiary/aromatic N) is 2. The maximum atomic E-state index is 13.0. The number of amides is 1. The number of benzene rings is 1. The van der Waals surface area contributed by atoms with E-state index in [9.17, 15) is 13.2 Å². The van der Waals surface area contributed by atoms with Crippen LogP contribution in [0.3, 0.4) is 0 Å². The number of rotatable bonds is 4. The zero-order valence-electron chi connectivity index (χ0n) is 15.9. The van der Waals surface area contributed by atoms with Crippen LogP contribution in [-0.2, 0) is 32.4 Å². The highest BCUT2D eigenvalue weighted by Crippen LogP contribution is 2.26. The molecule has 1 aliphatic carbocycles. The lowest BCUT2D eigenvalue weighted by Gasteiger charge is -2.35. The number of nitrogens with one attached hydrogen (secondary N) is 1. The fourth-order valence-corrected chi connectivity index (χ4v) is 5.60. The molecule has 7 nitrogen and oxygen atoms in total. The van der Waals surface area contributed by atoms with Gasteiger partial charge in [-0.3, -0.25) is 4.79 Å². The van der Waals surface area contributed by atoms with Gasteiger partial charge in [0.15, 0.2) is 0 Å². The van der Waals surface area contributed by atoms with Crippen molar-refractivity contribution >= 4 is 28.3 Å². The number of halogens is 1. The van der Waals surface area contributed by atoms with Gasteiger partial charge in [-0.1, -0.05) is 6.07 Å². The Morgan fingerprint density at radius 3 is 2.61 bits per heavy atom. The van der Waals surface area contributed by atoms with Crippen LogP contribution in [0.5, 0.6) is 0 Å². The minimum Gasteiger partial charge on any atom is -0.378 e. The second-order valence-electron chi connectivity index (χ2n) is 7.50. The average Bonchev–Trinajstić information content (AvgIpc) is 3.17. The maximum Gasteiger partial charge on any atom is 0.243 e. The van der Waals surface area contributed by atoms with Crippen LogP contribution in [0, 0.1) is 0 Å².